The van der Waals surface area contributed by atoms with Gasteiger partial charge in [0.05, 0.1) is 5.70 Å². The Morgan fingerprint density at radius 2 is 1.76 bits per heavy atom. The van der Waals surface area contributed by atoms with Gasteiger partial charge >= 0.3 is 0 Å². The fourth-order valence-corrected chi connectivity index (χ4v) is 2.83. The van der Waals surface area contributed by atoms with Crippen LogP contribution in [0.3, 0.4) is 0 Å². The second kappa shape index (κ2) is 7.05. The van der Waals surface area contributed by atoms with Crippen LogP contribution in [0.4, 0.5) is 0 Å². The predicted octanol–water partition coefficient (Wildman–Crippen LogP) is 4.99. The summed E-state index contributed by atoms with van der Waals surface area (Å²) in [5.41, 5.74) is 5.36. The monoisotopic (exact) mass is 326 g/mol. The third kappa shape index (κ3) is 3.45. The van der Waals surface area contributed by atoms with Gasteiger partial charge in [0.25, 0.3) is 0 Å². The van der Waals surface area contributed by atoms with Gasteiger partial charge in [-0.25, -0.2) is 0 Å². The number of nitrogens with zero attached hydrogens (tertiary/aromatic N) is 1. The molecule has 3 aromatic rings. The van der Waals surface area contributed by atoms with E-state index in [1.807, 2.05) is 61.0 Å². The molecule has 0 bridgehead atoms. The number of hydrogen-bond acceptors (Lipinski definition) is 2. The Balaban J connectivity index is 1.57. The second-order valence-electron chi connectivity index (χ2n) is 5.78. The lowest BCUT2D eigenvalue weighted by Gasteiger charge is -2.10. The summed E-state index contributed by atoms with van der Waals surface area (Å²) in [6, 6.07) is 22.4. The Bertz CT molecular complexity index is 904. The van der Waals surface area contributed by atoms with Gasteiger partial charge in [-0.15, -0.1) is 0 Å². The molecule has 0 saturated carbocycles. The first-order valence-corrected chi connectivity index (χ1v) is 8.26. The number of hydrogen-bond donors (Lipinski definition) is 1. The van der Waals surface area contributed by atoms with Crippen LogP contribution < -0.4 is 4.74 Å². The van der Waals surface area contributed by atoms with Crippen LogP contribution in [-0.4, -0.2) is 11.2 Å². The molecule has 3 nitrogen and oxygen atoms in total. The third-order valence-corrected chi connectivity index (χ3v) is 4.07. The zero-order valence-electron chi connectivity index (χ0n) is 13.7. The molecule has 0 fully saturated rings. The molecule has 0 radical (unpaired) electrons. The molecule has 1 aliphatic heterocycles. The van der Waals surface area contributed by atoms with Crippen LogP contribution in [0.25, 0.3) is 5.57 Å². The maximum absolute atomic E-state index is 5.88. The van der Waals surface area contributed by atoms with E-state index in [4.69, 9.17) is 4.74 Å². The molecule has 3 heteroatoms. The van der Waals surface area contributed by atoms with Crippen molar-refractivity contribution >= 4 is 11.8 Å². The first-order valence-electron chi connectivity index (χ1n) is 8.26. The predicted molar refractivity (Wildman–Crippen MR) is 102 cm³/mol. The molecule has 1 aliphatic rings. The smallest absolute Gasteiger partial charge is 0.119 e. The Morgan fingerprint density at radius 3 is 2.44 bits per heavy atom. The number of rotatable bonds is 5. The number of benzene rings is 2. The summed E-state index contributed by atoms with van der Waals surface area (Å²) in [6.45, 7) is 0.567. The van der Waals surface area contributed by atoms with Crippen molar-refractivity contribution in [3.63, 3.8) is 0 Å². The van der Waals surface area contributed by atoms with Crippen molar-refractivity contribution in [2.24, 2.45) is 4.99 Å². The van der Waals surface area contributed by atoms with Gasteiger partial charge in [0, 0.05) is 23.7 Å². The summed E-state index contributed by atoms with van der Waals surface area (Å²) in [5, 5.41) is 0. The van der Waals surface area contributed by atoms with Gasteiger partial charge < -0.3 is 9.72 Å². The van der Waals surface area contributed by atoms with Crippen molar-refractivity contribution in [3.8, 4) is 5.75 Å². The molecule has 0 atom stereocenters. The summed E-state index contributed by atoms with van der Waals surface area (Å²) in [7, 11) is 0. The summed E-state index contributed by atoms with van der Waals surface area (Å²) in [5.74, 6) is 0.855. The molecular formula is C22H18N2O. The van der Waals surface area contributed by atoms with Crippen molar-refractivity contribution < 1.29 is 4.74 Å². The van der Waals surface area contributed by atoms with Crippen LogP contribution >= 0.6 is 0 Å². The molecule has 0 spiro atoms. The fraction of sp³-hybridized carbons (Fsp3) is 0.0455. The summed E-state index contributed by atoms with van der Waals surface area (Å²) in [6.07, 6.45) is 7.72. The van der Waals surface area contributed by atoms with Gasteiger partial charge in [-0.05, 0) is 47.5 Å². The molecule has 0 unspecified atom stereocenters. The van der Waals surface area contributed by atoms with Gasteiger partial charge in [0.2, 0.25) is 0 Å². The van der Waals surface area contributed by atoms with Gasteiger partial charge in [-0.1, -0.05) is 42.5 Å². The number of aromatic amines is 1. The van der Waals surface area contributed by atoms with E-state index in [2.05, 4.69) is 40.3 Å². The zero-order chi connectivity index (χ0) is 16.9. The standard InChI is InChI=1S/C22H18N2O/c1-2-6-17(7-3-1)16-25-19-12-10-18(11-13-19)22(20-8-4-14-23-20)21-9-5-15-24-21/h1-15,23H,16H2/b22-21+. The lowest BCUT2D eigenvalue weighted by atomic mass is 10.0. The maximum Gasteiger partial charge on any atom is 0.119 e. The maximum atomic E-state index is 5.88. The van der Waals surface area contributed by atoms with Crippen LogP contribution in [0.5, 0.6) is 5.75 Å². The Labute approximate surface area is 147 Å². The van der Waals surface area contributed by atoms with Gasteiger partial charge in [-0.3, -0.25) is 4.99 Å². The molecule has 2 heterocycles. The van der Waals surface area contributed by atoms with Crippen LogP contribution in [0.1, 0.15) is 16.8 Å². The van der Waals surface area contributed by atoms with Crippen LogP contribution in [0, 0.1) is 0 Å². The van der Waals surface area contributed by atoms with Gasteiger partial charge in [-0.2, -0.15) is 0 Å². The largest absolute Gasteiger partial charge is 0.489 e. The number of aliphatic imine (C=N–C) groups is 1. The molecule has 0 aliphatic carbocycles. The zero-order valence-corrected chi connectivity index (χ0v) is 13.7. The van der Waals surface area contributed by atoms with Gasteiger partial charge in [0.15, 0.2) is 0 Å². The quantitative estimate of drug-likeness (QED) is 0.704. The van der Waals surface area contributed by atoms with Crippen molar-refractivity contribution in [1.82, 2.24) is 4.98 Å². The van der Waals surface area contributed by atoms with Crippen molar-refractivity contribution in [1.29, 1.82) is 0 Å². The summed E-state index contributed by atoms with van der Waals surface area (Å²) in [4.78, 5) is 7.74. The molecule has 4 rings (SSSR count). The number of ether oxygens (including phenoxy) is 1. The highest BCUT2D eigenvalue weighted by atomic mass is 16.5. The molecular weight excluding hydrogens is 308 g/mol. The first-order chi connectivity index (χ1) is 12.4. The number of aromatic nitrogens is 1. The number of nitrogens with one attached hydrogen (secondary N) is 1. The minimum Gasteiger partial charge on any atom is -0.489 e. The van der Waals surface area contributed by atoms with E-state index >= 15 is 0 Å². The van der Waals surface area contributed by atoms with E-state index < -0.39 is 0 Å². The fourth-order valence-electron chi connectivity index (χ4n) is 2.83. The minimum absolute atomic E-state index is 0.567. The lowest BCUT2D eigenvalue weighted by Crippen LogP contribution is -1.96. The van der Waals surface area contributed by atoms with Gasteiger partial charge in [0.1, 0.15) is 12.4 Å². The summed E-state index contributed by atoms with van der Waals surface area (Å²) >= 11 is 0. The molecule has 122 valence electrons. The Hall–Kier alpha value is -3.33. The first kappa shape index (κ1) is 15.2. The number of H-pyrrole nitrogens is 1. The second-order valence-corrected chi connectivity index (χ2v) is 5.78. The topological polar surface area (TPSA) is 37.4 Å². The molecule has 25 heavy (non-hydrogen) atoms. The highest BCUT2D eigenvalue weighted by Gasteiger charge is 2.12. The van der Waals surface area contributed by atoms with E-state index in [1.54, 1.807) is 0 Å². The van der Waals surface area contributed by atoms with E-state index in [0.29, 0.717) is 6.61 Å². The van der Waals surface area contributed by atoms with Crippen molar-refractivity contribution in [3.05, 3.63) is 108 Å². The normalized spacial score (nSPS) is 14.7. The highest BCUT2D eigenvalue weighted by Crippen LogP contribution is 2.29. The average molecular weight is 326 g/mol. The average Bonchev–Trinajstić information content (AvgIpc) is 3.37. The third-order valence-electron chi connectivity index (χ3n) is 4.07. The van der Waals surface area contributed by atoms with Crippen molar-refractivity contribution in [2.45, 2.75) is 6.61 Å². The van der Waals surface area contributed by atoms with E-state index in [9.17, 15) is 0 Å². The van der Waals surface area contributed by atoms with E-state index in [-0.39, 0.29) is 0 Å². The Morgan fingerprint density at radius 1 is 0.920 bits per heavy atom. The number of allylic oxidation sites excluding steroid dienone is 2. The molecule has 0 amide bonds. The van der Waals surface area contributed by atoms with Crippen molar-refractivity contribution in [2.75, 3.05) is 0 Å². The van der Waals surface area contributed by atoms with Crippen LogP contribution in [-0.2, 0) is 6.61 Å². The molecule has 1 N–H and O–H groups in total. The molecule has 2 aromatic carbocycles. The molecule has 1 aromatic heterocycles. The highest BCUT2D eigenvalue weighted by molar-refractivity contribution is 5.88. The molecule has 0 saturated heterocycles. The van der Waals surface area contributed by atoms with E-state index in [1.165, 1.54) is 0 Å². The SMILES string of the molecule is C1=C/C(=C(/c2ccc(OCc3ccccc3)cc2)c2ccc[nH]2)N=C1. The lowest BCUT2D eigenvalue weighted by molar-refractivity contribution is 0.306. The van der Waals surface area contributed by atoms with E-state index in [0.717, 1.165) is 33.8 Å². The van der Waals surface area contributed by atoms with Crippen LogP contribution in [0.15, 0.2) is 95.8 Å². The summed E-state index contributed by atoms with van der Waals surface area (Å²) < 4.78 is 5.88. The Kier molecular flexibility index (Phi) is 4.29. The minimum atomic E-state index is 0.567. The van der Waals surface area contributed by atoms with Crippen LogP contribution in [0.2, 0.25) is 0 Å².